The van der Waals surface area contributed by atoms with E-state index in [1.54, 1.807) is 48.5 Å². The van der Waals surface area contributed by atoms with Crippen molar-refractivity contribution in [1.29, 1.82) is 0 Å². The lowest BCUT2D eigenvalue weighted by Crippen LogP contribution is -2.13. The Morgan fingerprint density at radius 2 is 1.73 bits per heavy atom. The first-order valence-corrected chi connectivity index (χ1v) is 8.40. The minimum absolute atomic E-state index is 0.241. The zero-order valence-corrected chi connectivity index (χ0v) is 12.9. The average Bonchev–Trinajstić information content (AvgIpc) is 3.02. The van der Waals surface area contributed by atoms with Crippen LogP contribution in [0.1, 0.15) is 11.1 Å². The molecule has 0 aromatic heterocycles. The molecule has 2 aromatic rings. The topological polar surface area (TPSA) is 67.8 Å². The van der Waals surface area contributed by atoms with E-state index in [1.165, 1.54) is 0 Å². The van der Waals surface area contributed by atoms with Gasteiger partial charge in [-0.3, -0.25) is 4.72 Å². The smallest absolute Gasteiger partial charge is 0.261 e. The van der Waals surface area contributed by atoms with Gasteiger partial charge < -0.3 is 4.74 Å². The van der Waals surface area contributed by atoms with Crippen LogP contribution >= 0.6 is 0 Å². The standard InChI is InChI=1S/C16H16N2O3S/c1-12-2-8-15(9-3-12)22(19,20)18-14-6-4-13(5-7-14)16-17-10-11-21-16/h2-9,18H,10-11H2,1H3. The number of hydrogen-bond donors (Lipinski definition) is 1. The molecule has 0 bridgehead atoms. The molecule has 5 nitrogen and oxygen atoms in total. The van der Waals surface area contributed by atoms with E-state index in [2.05, 4.69) is 9.71 Å². The van der Waals surface area contributed by atoms with Gasteiger partial charge in [-0.15, -0.1) is 0 Å². The van der Waals surface area contributed by atoms with E-state index >= 15 is 0 Å². The van der Waals surface area contributed by atoms with Gasteiger partial charge in [0.05, 0.1) is 11.4 Å². The van der Waals surface area contributed by atoms with E-state index in [9.17, 15) is 8.42 Å². The first-order chi connectivity index (χ1) is 10.5. The van der Waals surface area contributed by atoms with Crippen LogP contribution in [0.5, 0.6) is 0 Å². The number of rotatable bonds is 4. The molecule has 0 radical (unpaired) electrons. The van der Waals surface area contributed by atoms with Gasteiger partial charge in [0.25, 0.3) is 10.0 Å². The summed E-state index contributed by atoms with van der Waals surface area (Å²) in [6.07, 6.45) is 0. The zero-order valence-electron chi connectivity index (χ0n) is 12.1. The van der Waals surface area contributed by atoms with Crippen LogP contribution < -0.4 is 4.72 Å². The van der Waals surface area contributed by atoms with E-state index in [0.717, 1.165) is 11.1 Å². The van der Waals surface area contributed by atoms with Crippen molar-refractivity contribution in [3.8, 4) is 0 Å². The highest BCUT2D eigenvalue weighted by Gasteiger charge is 2.15. The number of hydrogen-bond acceptors (Lipinski definition) is 4. The molecule has 6 heteroatoms. The Kier molecular flexibility index (Phi) is 3.85. The Morgan fingerprint density at radius 1 is 1.05 bits per heavy atom. The minimum atomic E-state index is -3.57. The van der Waals surface area contributed by atoms with Crippen LogP contribution in [0.25, 0.3) is 0 Å². The largest absolute Gasteiger partial charge is 0.476 e. The SMILES string of the molecule is Cc1ccc(S(=O)(=O)Nc2ccc(C3=NCCO3)cc2)cc1. The fourth-order valence-corrected chi connectivity index (χ4v) is 3.18. The summed E-state index contributed by atoms with van der Waals surface area (Å²) in [6, 6.07) is 13.7. The fourth-order valence-electron chi connectivity index (χ4n) is 2.12. The van der Waals surface area contributed by atoms with Crippen molar-refractivity contribution in [2.45, 2.75) is 11.8 Å². The van der Waals surface area contributed by atoms with E-state index in [-0.39, 0.29) is 4.90 Å². The van der Waals surface area contributed by atoms with Gasteiger partial charge in [-0.1, -0.05) is 17.7 Å². The summed E-state index contributed by atoms with van der Waals surface area (Å²) in [7, 11) is -3.57. The van der Waals surface area contributed by atoms with Crippen molar-refractivity contribution in [3.63, 3.8) is 0 Å². The van der Waals surface area contributed by atoms with Crippen LogP contribution in [-0.2, 0) is 14.8 Å². The number of aliphatic imine (C=N–C) groups is 1. The second kappa shape index (κ2) is 5.81. The predicted octanol–water partition coefficient (Wildman–Crippen LogP) is 2.57. The van der Waals surface area contributed by atoms with E-state index in [4.69, 9.17) is 4.74 Å². The Hall–Kier alpha value is -2.34. The maximum Gasteiger partial charge on any atom is 0.261 e. The number of nitrogens with zero attached hydrogens (tertiary/aromatic N) is 1. The molecule has 0 saturated carbocycles. The minimum Gasteiger partial charge on any atom is -0.476 e. The number of ether oxygens (including phenoxy) is 1. The molecule has 0 aliphatic carbocycles. The Labute approximate surface area is 129 Å². The normalized spacial score (nSPS) is 14.3. The van der Waals surface area contributed by atoms with Crippen LogP contribution in [0.2, 0.25) is 0 Å². The van der Waals surface area contributed by atoms with Gasteiger partial charge >= 0.3 is 0 Å². The van der Waals surface area contributed by atoms with Crippen LogP contribution in [0.4, 0.5) is 5.69 Å². The van der Waals surface area contributed by atoms with Gasteiger partial charge in [0, 0.05) is 11.3 Å². The molecular weight excluding hydrogens is 300 g/mol. The van der Waals surface area contributed by atoms with Crippen LogP contribution in [0.3, 0.4) is 0 Å². The molecule has 1 N–H and O–H groups in total. The first-order valence-electron chi connectivity index (χ1n) is 6.92. The number of anilines is 1. The lowest BCUT2D eigenvalue weighted by molar-refractivity contribution is 0.348. The van der Waals surface area contributed by atoms with Gasteiger partial charge in [-0.2, -0.15) is 0 Å². The number of sulfonamides is 1. The summed E-state index contributed by atoms with van der Waals surface area (Å²) in [5.41, 5.74) is 2.36. The molecule has 0 amide bonds. The monoisotopic (exact) mass is 316 g/mol. The lowest BCUT2D eigenvalue weighted by atomic mass is 10.2. The van der Waals surface area contributed by atoms with Gasteiger partial charge in [0.1, 0.15) is 6.61 Å². The highest BCUT2D eigenvalue weighted by molar-refractivity contribution is 7.92. The first kappa shape index (κ1) is 14.6. The third kappa shape index (κ3) is 3.12. The summed E-state index contributed by atoms with van der Waals surface area (Å²) in [5, 5.41) is 0. The Balaban J connectivity index is 1.78. The van der Waals surface area contributed by atoms with Gasteiger partial charge in [-0.05, 0) is 43.3 Å². The summed E-state index contributed by atoms with van der Waals surface area (Å²) >= 11 is 0. The third-order valence-electron chi connectivity index (χ3n) is 3.30. The van der Waals surface area contributed by atoms with Crippen LogP contribution in [-0.4, -0.2) is 27.5 Å². The second-order valence-electron chi connectivity index (χ2n) is 5.03. The van der Waals surface area contributed by atoms with Gasteiger partial charge in [-0.25, -0.2) is 13.4 Å². The maximum absolute atomic E-state index is 12.3. The molecule has 1 aliphatic rings. The molecule has 22 heavy (non-hydrogen) atoms. The van der Waals surface area contributed by atoms with Crippen molar-refractivity contribution < 1.29 is 13.2 Å². The van der Waals surface area contributed by atoms with Gasteiger partial charge in [0.2, 0.25) is 5.90 Å². The summed E-state index contributed by atoms with van der Waals surface area (Å²) in [4.78, 5) is 4.46. The molecule has 0 saturated heterocycles. The van der Waals surface area contributed by atoms with Gasteiger partial charge in [0.15, 0.2) is 0 Å². The van der Waals surface area contributed by atoms with E-state index in [0.29, 0.717) is 24.7 Å². The molecule has 0 unspecified atom stereocenters. The fraction of sp³-hybridized carbons (Fsp3) is 0.188. The molecule has 3 rings (SSSR count). The molecule has 0 fully saturated rings. The number of benzene rings is 2. The molecule has 114 valence electrons. The summed E-state index contributed by atoms with van der Waals surface area (Å²) < 4.78 is 32.5. The number of nitrogens with one attached hydrogen (secondary N) is 1. The van der Waals surface area contributed by atoms with Crippen LogP contribution in [0, 0.1) is 6.92 Å². The summed E-state index contributed by atoms with van der Waals surface area (Å²) in [5.74, 6) is 0.605. The van der Waals surface area contributed by atoms with E-state index in [1.807, 2.05) is 6.92 Å². The quantitative estimate of drug-likeness (QED) is 0.942. The Morgan fingerprint density at radius 3 is 2.32 bits per heavy atom. The highest BCUT2D eigenvalue weighted by atomic mass is 32.2. The maximum atomic E-state index is 12.3. The second-order valence-corrected chi connectivity index (χ2v) is 6.71. The molecular formula is C16H16N2O3S. The molecule has 1 aliphatic heterocycles. The highest BCUT2D eigenvalue weighted by Crippen LogP contribution is 2.18. The van der Waals surface area contributed by atoms with Crippen LogP contribution in [0.15, 0.2) is 58.4 Å². The lowest BCUT2D eigenvalue weighted by Gasteiger charge is -2.09. The zero-order chi connectivity index (χ0) is 15.6. The Bertz CT molecular complexity index is 794. The van der Waals surface area contributed by atoms with Crippen molar-refractivity contribution in [3.05, 3.63) is 59.7 Å². The number of aryl methyl sites for hydroxylation is 1. The average molecular weight is 316 g/mol. The molecule has 0 spiro atoms. The molecule has 2 aromatic carbocycles. The van der Waals surface area contributed by atoms with Crippen molar-refractivity contribution in [1.82, 2.24) is 0 Å². The molecule has 0 atom stereocenters. The van der Waals surface area contributed by atoms with Crippen molar-refractivity contribution >= 4 is 21.6 Å². The predicted molar refractivity (Wildman–Crippen MR) is 85.8 cm³/mol. The van der Waals surface area contributed by atoms with Crippen molar-refractivity contribution in [2.24, 2.45) is 4.99 Å². The summed E-state index contributed by atoms with van der Waals surface area (Å²) in [6.45, 7) is 3.17. The van der Waals surface area contributed by atoms with E-state index < -0.39 is 10.0 Å². The van der Waals surface area contributed by atoms with Crippen molar-refractivity contribution in [2.75, 3.05) is 17.9 Å². The molecule has 1 heterocycles. The third-order valence-corrected chi connectivity index (χ3v) is 4.70.